The molecule has 0 atom stereocenters. The van der Waals surface area contributed by atoms with Crippen LogP contribution in [0.15, 0.2) is 29.1 Å². The Bertz CT molecular complexity index is 1070. The lowest BCUT2D eigenvalue weighted by molar-refractivity contribution is -0.116. The van der Waals surface area contributed by atoms with Gasteiger partial charge in [0.05, 0.1) is 12.0 Å². The van der Waals surface area contributed by atoms with E-state index in [-0.39, 0.29) is 18.0 Å². The first-order valence-electron chi connectivity index (χ1n) is 9.02. The Kier molecular flexibility index (Phi) is 5.69. The number of aromatic nitrogens is 2. The van der Waals surface area contributed by atoms with Crippen molar-refractivity contribution in [2.45, 2.75) is 27.3 Å². The molecule has 0 saturated carbocycles. The molecule has 1 aromatic carbocycles. The van der Waals surface area contributed by atoms with Crippen molar-refractivity contribution >= 4 is 38.8 Å². The first-order valence-corrected chi connectivity index (χ1v) is 9.84. The second kappa shape index (κ2) is 8.02. The van der Waals surface area contributed by atoms with Crippen LogP contribution in [0, 0.1) is 13.8 Å². The van der Waals surface area contributed by atoms with Crippen LogP contribution >= 0.6 is 11.3 Å². The van der Waals surface area contributed by atoms with Crippen molar-refractivity contribution in [3.8, 4) is 5.06 Å². The van der Waals surface area contributed by atoms with Crippen LogP contribution < -0.4 is 20.5 Å². The maximum absolute atomic E-state index is 13.0. The third-order valence-corrected chi connectivity index (χ3v) is 5.54. The second-order valence-corrected chi connectivity index (χ2v) is 7.63. The molecule has 2 heterocycles. The van der Waals surface area contributed by atoms with Crippen molar-refractivity contribution in [1.29, 1.82) is 0 Å². The van der Waals surface area contributed by atoms with Crippen molar-refractivity contribution in [2.75, 3.05) is 30.9 Å². The van der Waals surface area contributed by atoms with E-state index in [4.69, 9.17) is 4.74 Å². The average Bonchev–Trinajstić information content (AvgIpc) is 2.95. The highest BCUT2D eigenvalue weighted by atomic mass is 32.1. The second-order valence-electron chi connectivity index (χ2n) is 6.67. The number of benzene rings is 1. The number of ether oxygens (including phenoxy) is 1. The van der Waals surface area contributed by atoms with Crippen molar-refractivity contribution in [3.05, 3.63) is 46.0 Å². The highest BCUT2D eigenvalue weighted by molar-refractivity contribution is 7.20. The Morgan fingerprint density at radius 1 is 1.25 bits per heavy atom. The number of anilines is 2. The lowest BCUT2D eigenvalue weighted by Crippen LogP contribution is -2.30. The van der Waals surface area contributed by atoms with Crippen LogP contribution in [0.25, 0.3) is 10.2 Å². The van der Waals surface area contributed by atoms with E-state index >= 15 is 0 Å². The number of fused-ring (bicyclic) bond motifs is 1. The Hall–Kier alpha value is -2.87. The molecule has 1 N–H and O–H groups in total. The summed E-state index contributed by atoms with van der Waals surface area (Å²) in [6.07, 6.45) is 0. The zero-order chi connectivity index (χ0) is 20.4. The number of nitrogens with zero attached hydrogens (tertiary/aromatic N) is 3. The minimum Gasteiger partial charge on any atom is -0.484 e. The maximum atomic E-state index is 13.0. The third-order valence-electron chi connectivity index (χ3n) is 4.44. The number of nitrogens with one attached hydrogen (secondary N) is 1. The van der Waals surface area contributed by atoms with E-state index < -0.39 is 0 Å². The third kappa shape index (κ3) is 3.87. The van der Waals surface area contributed by atoms with Gasteiger partial charge >= 0.3 is 0 Å². The molecule has 0 radical (unpaired) electrons. The van der Waals surface area contributed by atoms with Gasteiger partial charge in [0, 0.05) is 31.0 Å². The van der Waals surface area contributed by atoms with E-state index in [2.05, 4.69) is 10.3 Å². The van der Waals surface area contributed by atoms with Gasteiger partial charge in [0.15, 0.2) is 5.06 Å². The molecule has 28 heavy (non-hydrogen) atoms. The van der Waals surface area contributed by atoms with Crippen LogP contribution in [0.1, 0.15) is 18.3 Å². The van der Waals surface area contributed by atoms with Gasteiger partial charge in [0.2, 0.25) is 5.91 Å². The molecule has 0 fully saturated rings. The molecule has 3 aromatic rings. The van der Waals surface area contributed by atoms with Gasteiger partial charge in [-0.3, -0.25) is 14.2 Å². The van der Waals surface area contributed by atoms with Crippen LogP contribution in [0.3, 0.4) is 0 Å². The Morgan fingerprint density at radius 2 is 1.93 bits per heavy atom. The summed E-state index contributed by atoms with van der Waals surface area (Å²) in [6.45, 7) is 5.91. The lowest BCUT2D eigenvalue weighted by Gasteiger charge is -2.13. The molecular formula is C20H24N4O3S. The number of hydrogen-bond acceptors (Lipinski definition) is 6. The Morgan fingerprint density at radius 3 is 2.54 bits per heavy atom. The lowest BCUT2D eigenvalue weighted by atomic mass is 10.2. The zero-order valence-electron chi connectivity index (χ0n) is 16.7. The van der Waals surface area contributed by atoms with Crippen molar-refractivity contribution in [1.82, 2.24) is 9.55 Å². The van der Waals surface area contributed by atoms with Gasteiger partial charge in [0.1, 0.15) is 17.2 Å². The largest absolute Gasteiger partial charge is 0.484 e. The molecule has 0 unspecified atom stereocenters. The number of carbonyl (C=O) groups is 1. The number of aryl methyl sites for hydroxylation is 2. The van der Waals surface area contributed by atoms with E-state index in [0.29, 0.717) is 33.4 Å². The summed E-state index contributed by atoms with van der Waals surface area (Å²) in [7, 11) is 3.91. The van der Waals surface area contributed by atoms with Gasteiger partial charge in [0.25, 0.3) is 5.56 Å². The van der Waals surface area contributed by atoms with Gasteiger partial charge in [-0.2, -0.15) is 0 Å². The fourth-order valence-corrected chi connectivity index (χ4v) is 4.07. The van der Waals surface area contributed by atoms with Gasteiger partial charge in [-0.05, 0) is 45.0 Å². The van der Waals surface area contributed by atoms with Gasteiger partial charge in [-0.25, -0.2) is 4.98 Å². The molecule has 0 aliphatic carbocycles. The summed E-state index contributed by atoms with van der Waals surface area (Å²) in [5.74, 6) is 0.224. The predicted octanol–water partition coefficient (Wildman–Crippen LogP) is 3.18. The number of amides is 1. The van der Waals surface area contributed by atoms with Crippen LogP contribution in [0.5, 0.6) is 5.06 Å². The van der Waals surface area contributed by atoms with Crippen molar-refractivity contribution in [3.63, 3.8) is 0 Å². The summed E-state index contributed by atoms with van der Waals surface area (Å²) in [6, 6.07) is 7.51. The van der Waals surface area contributed by atoms with Gasteiger partial charge in [-0.15, -0.1) is 0 Å². The molecular weight excluding hydrogens is 376 g/mol. The molecule has 3 rings (SSSR count). The standard InChI is InChI=1S/C20H24N4O3S/c1-6-27-20-12(2)17-18(28-20)21-13(3)24(19(17)26)11-16(25)22-14-7-9-15(10-8-14)23(4)5/h7-10H,6,11H2,1-5H3,(H,22,25). The Balaban J connectivity index is 1.86. The minimum absolute atomic E-state index is 0.0949. The highest BCUT2D eigenvalue weighted by Crippen LogP contribution is 2.34. The molecule has 7 nitrogen and oxygen atoms in total. The molecule has 0 aliphatic rings. The molecule has 8 heteroatoms. The molecule has 0 bridgehead atoms. The molecule has 148 valence electrons. The van der Waals surface area contributed by atoms with E-state index in [1.165, 1.54) is 15.9 Å². The van der Waals surface area contributed by atoms with Gasteiger partial charge < -0.3 is 15.0 Å². The molecule has 1 amide bonds. The number of carbonyl (C=O) groups excluding carboxylic acids is 1. The summed E-state index contributed by atoms with van der Waals surface area (Å²) in [5.41, 5.74) is 2.27. The van der Waals surface area contributed by atoms with E-state index in [0.717, 1.165) is 11.3 Å². The van der Waals surface area contributed by atoms with Gasteiger partial charge in [-0.1, -0.05) is 11.3 Å². The Labute approximate surface area is 167 Å². The SMILES string of the molecule is CCOc1sc2nc(C)n(CC(=O)Nc3ccc(N(C)C)cc3)c(=O)c2c1C. The fraction of sp³-hybridized carbons (Fsp3) is 0.350. The first kappa shape index (κ1) is 19.9. The van der Waals surface area contributed by atoms with E-state index in [9.17, 15) is 9.59 Å². The average molecular weight is 401 g/mol. The van der Waals surface area contributed by atoms with Crippen LogP contribution in [0.4, 0.5) is 11.4 Å². The molecule has 0 spiro atoms. The normalized spacial score (nSPS) is 10.9. The number of hydrogen-bond donors (Lipinski definition) is 1. The van der Waals surface area contributed by atoms with Crippen molar-refractivity contribution < 1.29 is 9.53 Å². The highest BCUT2D eigenvalue weighted by Gasteiger charge is 2.18. The van der Waals surface area contributed by atoms with Crippen LogP contribution in [-0.4, -0.2) is 36.2 Å². The summed E-state index contributed by atoms with van der Waals surface area (Å²) in [4.78, 5) is 32.6. The minimum atomic E-state index is -0.276. The zero-order valence-corrected chi connectivity index (χ0v) is 17.5. The topological polar surface area (TPSA) is 76.5 Å². The van der Waals surface area contributed by atoms with E-state index in [1.807, 2.05) is 57.1 Å². The van der Waals surface area contributed by atoms with Crippen molar-refractivity contribution in [2.24, 2.45) is 0 Å². The monoisotopic (exact) mass is 400 g/mol. The summed E-state index contributed by atoms with van der Waals surface area (Å²) >= 11 is 1.36. The summed E-state index contributed by atoms with van der Waals surface area (Å²) < 4.78 is 6.99. The first-order chi connectivity index (χ1) is 13.3. The summed E-state index contributed by atoms with van der Waals surface area (Å²) in [5, 5.41) is 4.05. The van der Waals surface area contributed by atoms with Crippen LogP contribution in [0.2, 0.25) is 0 Å². The quantitative estimate of drug-likeness (QED) is 0.688. The van der Waals surface area contributed by atoms with Crippen LogP contribution in [-0.2, 0) is 11.3 Å². The maximum Gasteiger partial charge on any atom is 0.263 e. The molecule has 0 aliphatic heterocycles. The molecule has 0 saturated heterocycles. The smallest absolute Gasteiger partial charge is 0.263 e. The number of thiophene rings is 1. The predicted molar refractivity (Wildman–Crippen MR) is 114 cm³/mol. The van der Waals surface area contributed by atoms with E-state index in [1.54, 1.807) is 6.92 Å². The fourth-order valence-electron chi connectivity index (χ4n) is 2.94. The molecule has 2 aromatic heterocycles. The number of rotatable bonds is 6.